The molecule has 1 heterocycles. The second-order valence-corrected chi connectivity index (χ2v) is 7.10. The highest BCUT2D eigenvalue weighted by Crippen LogP contribution is 2.21. The molecule has 5 heteroatoms. The monoisotopic (exact) mass is 411 g/mol. The molecule has 0 aromatic rings. The number of aliphatic imine (C=N–C) groups is 1. The predicted molar refractivity (Wildman–Crippen MR) is 102 cm³/mol. The minimum Gasteiger partial charge on any atom is -0.381 e. The number of hydrogen-bond donors (Lipinski definition) is 1. The van der Waals surface area contributed by atoms with Gasteiger partial charge in [0.15, 0.2) is 5.96 Å². The molecule has 0 aliphatic carbocycles. The fraction of sp³-hybridized carbons (Fsp3) is 0.938. The zero-order valence-corrected chi connectivity index (χ0v) is 16.8. The van der Waals surface area contributed by atoms with Gasteiger partial charge in [-0.15, -0.1) is 24.0 Å². The van der Waals surface area contributed by atoms with Gasteiger partial charge in [0, 0.05) is 39.7 Å². The highest BCUT2D eigenvalue weighted by Gasteiger charge is 2.18. The summed E-state index contributed by atoms with van der Waals surface area (Å²) in [4.78, 5) is 6.59. The second kappa shape index (κ2) is 10.6. The summed E-state index contributed by atoms with van der Waals surface area (Å²) < 4.78 is 5.43. The standard InChI is InChI=1S/C16H33N3O.HI/c1-16(2,3)9-6-7-10-18-15(17-4)19(5)12-14-8-11-20-13-14;/h14H,6-13H2,1-5H3,(H,17,18);1H. The van der Waals surface area contributed by atoms with E-state index in [9.17, 15) is 0 Å². The number of nitrogens with zero attached hydrogens (tertiary/aromatic N) is 2. The number of nitrogens with one attached hydrogen (secondary N) is 1. The van der Waals surface area contributed by atoms with E-state index >= 15 is 0 Å². The van der Waals surface area contributed by atoms with Crippen molar-refractivity contribution in [2.45, 2.75) is 46.5 Å². The fourth-order valence-electron chi connectivity index (χ4n) is 2.57. The maximum Gasteiger partial charge on any atom is 0.193 e. The molecule has 1 fully saturated rings. The first-order valence-corrected chi connectivity index (χ1v) is 7.92. The van der Waals surface area contributed by atoms with E-state index in [0.29, 0.717) is 11.3 Å². The Morgan fingerprint density at radius 2 is 2.05 bits per heavy atom. The van der Waals surface area contributed by atoms with Crippen LogP contribution in [0.25, 0.3) is 0 Å². The number of rotatable bonds is 6. The highest BCUT2D eigenvalue weighted by atomic mass is 127. The van der Waals surface area contributed by atoms with Crippen molar-refractivity contribution in [3.8, 4) is 0 Å². The second-order valence-electron chi connectivity index (χ2n) is 7.10. The maximum absolute atomic E-state index is 5.43. The lowest BCUT2D eigenvalue weighted by Gasteiger charge is -2.24. The van der Waals surface area contributed by atoms with Crippen LogP contribution in [0, 0.1) is 11.3 Å². The number of hydrogen-bond acceptors (Lipinski definition) is 2. The van der Waals surface area contributed by atoms with E-state index in [1.165, 1.54) is 25.7 Å². The van der Waals surface area contributed by atoms with Crippen LogP contribution in [0.1, 0.15) is 46.5 Å². The van der Waals surface area contributed by atoms with Crippen LogP contribution in [0.2, 0.25) is 0 Å². The summed E-state index contributed by atoms with van der Waals surface area (Å²) in [7, 11) is 3.97. The molecule has 1 N–H and O–H groups in total. The summed E-state index contributed by atoms with van der Waals surface area (Å²) in [5.41, 5.74) is 0.445. The Bertz CT molecular complexity index is 296. The Labute approximate surface area is 148 Å². The van der Waals surface area contributed by atoms with Crippen molar-refractivity contribution >= 4 is 29.9 Å². The largest absolute Gasteiger partial charge is 0.381 e. The smallest absolute Gasteiger partial charge is 0.193 e. The van der Waals surface area contributed by atoms with E-state index in [1.807, 2.05) is 7.05 Å². The third kappa shape index (κ3) is 9.55. The van der Waals surface area contributed by atoms with Gasteiger partial charge in [-0.3, -0.25) is 4.99 Å². The molecule has 21 heavy (non-hydrogen) atoms. The average Bonchev–Trinajstić information content (AvgIpc) is 2.85. The van der Waals surface area contributed by atoms with Crippen LogP contribution in [0.15, 0.2) is 4.99 Å². The quantitative estimate of drug-likeness (QED) is 0.315. The lowest BCUT2D eigenvalue weighted by molar-refractivity contribution is 0.181. The molecule has 1 aliphatic rings. The van der Waals surface area contributed by atoms with Gasteiger partial charge >= 0.3 is 0 Å². The molecule has 1 unspecified atom stereocenters. The molecule has 0 spiro atoms. The van der Waals surface area contributed by atoms with Gasteiger partial charge in [0.1, 0.15) is 0 Å². The molecule has 0 amide bonds. The van der Waals surface area contributed by atoms with Crippen molar-refractivity contribution in [2.24, 2.45) is 16.3 Å². The van der Waals surface area contributed by atoms with Crippen LogP contribution in [0.5, 0.6) is 0 Å². The van der Waals surface area contributed by atoms with Gasteiger partial charge in [-0.25, -0.2) is 0 Å². The lowest BCUT2D eigenvalue weighted by atomic mass is 9.90. The van der Waals surface area contributed by atoms with Crippen LogP contribution in [0.4, 0.5) is 0 Å². The van der Waals surface area contributed by atoms with Gasteiger partial charge < -0.3 is 15.0 Å². The van der Waals surface area contributed by atoms with Crippen LogP contribution in [-0.2, 0) is 4.74 Å². The summed E-state index contributed by atoms with van der Waals surface area (Å²) in [5.74, 6) is 1.66. The minimum absolute atomic E-state index is 0. The Kier molecular flexibility index (Phi) is 10.6. The Balaban J connectivity index is 0.00000400. The van der Waals surface area contributed by atoms with Crippen molar-refractivity contribution in [3.05, 3.63) is 0 Å². The van der Waals surface area contributed by atoms with E-state index < -0.39 is 0 Å². The number of ether oxygens (including phenoxy) is 1. The Hall–Kier alpha value is -0.0400. The third-order valence-corrected chi connectivity index (χ3v) is 3.77. The number of guanidine groups is 1. The normalized spacial score (nSPS) is 19.3. The topological polar surface area (TPSA) is 36.9 Å². The number of unbranched alkanes of at least 4 members (excludes halogenated alkanes) is 1. The molecule has 1 atom stereocenters. The molecule has 0 aromatic heterocycles. The van der Waals surface area contributed by atoms with Crippen molar-refractivity contribution in [2.75, 3.05) is 40.4 Å². The van der Waals surface area contributed by atoms with Crippen LogP contribution in [-0.4, -0.2) is 51.3 Å². The zero-order chi connectivity index (χ0) is 15.0. The summed E-state index contributed by atoms with van der Waals surface area (Å²) in [5, 5.41) is 3.46. The van der Waals surface area contributed by atoms with Crippen molar-refractivity contribution in [1.29, 1.82) is 0 Å². The Morgan fingerprint density at radius 1 is 1.33 bits per heavy atom. The first-order valence-electron chi connectivity index (χ1n) is 7.92. The van der Waals surface area contributed by atoms with Crippen molar-refractivity contribution in [1.82, 2.24) is 10.2 Å². The first-order chi connectivity index (χ1) is 9.42. The molecule has 0 aromatic carbocycles. The zero-order valence-electron chi connectivity index (χ0n) is 14.4. The molecule has 4 nitrogen and oxygen atoms in total. The van der Waals surface area contributed by atoms with Crippen LogP contribution >= 0.6 is 24.0 Å². The van der Waals surface area contributed by atoms with Gasteiger partial charge in [-0.2, -0.15) is 0 Å². The Morgan fingerprint density at radius 3 is 2.57 bits per heavy atom. The highest BCUT2D eigenvalue weighted by molar-refractivity contribution is 14.0. The van der Waals surface area contributed by atoms with E-state index in [-0.39, 0.29) is 24.0 Å². The van der Waals surface area contributed by atoms with Crippen molar-refractivity contribution < 1.29 is 4.74 Å². The fourth-order valence-corrected chi connectivity index (χ4v) is 2.57. The molecular formula is C16H34IN3O. The van der Waals surface area contributed by atoms with Crippen LogP contribution < -0.4 is 5.32 Å². The summed E-state index contributed by atoms with van der Waals surface area (Å²) >= 11 is 0. The minimum atomic E-state index is 0. The van der Waals surface area contributed by atoms with Gasteiger partial charge in [-0.1, -0.05) is 27.2 Å². The molecule has 0 radical (unpaired) electrons. The van der Waals surface area contributed by atoms with Gasteiger partial charge in [0.2, 0.25) is 0 Å². The molecule has 0 saturated carbocycles. The van der Waals surface area contributed by atoms with E-state index in [0.717, 1.165) is 32.3 Å². The predicted octanol–water partition coefficient (Wildman–Crippen LogP) is 3.36. The van der Waals surface area contributed by atoms with Crippen molar-refractivity contribution in [3.63, 3.8) is 0 Å². The van der Waals surface area contributed by atoms with Crippen LogP contribution in [0.3, 0.4) is 0 Å². The van der Waals surface area contributed by atoms with Gasteiger partial charge in [0.05, 0.1) is 6.61 Å². The molecule has 1 saturated heterocycles. The lowest BCUT2D eigenvalue weighted by Crippen LogP contribution is -2.41. The first kappa shape index (κ1) is 21.0. The van der Waals surface area contributed by atoms with E-state index in [4.69, 9.17) is 4.74 Å². The summed E-state index contributed by atoms with van der Waals surface area (Å²) in [6.07, 6.45) is 4.93. The molecular weight excluding hydrogens is 377 g/mol. The SMILES string of the molecule is CN=C(NCCCCC(C)(C)C)N(C)CC1CCOC1.I. The number of halogens is 1. The van der Waals surface area contributed by atoms with E-state index in [1.54, 1.807) is 0 Å². The maximum atomic E-state index is 5.43. The molecule has 126 valence electrons. The van der Waals surface area contributed by atoms with Gasteiger partial charge in [-0.05, 0) is 24.7 Å². The molecule has 0 bridgehead atoms. The summed E-state index contributed by atoms with van der Waals surface area (Å²) in [6.45, 7) is 10.8. The average molecular weight is 411 g/mol. The van der Waals surface area contributed by atoms with Gasteiger partial charge in [0.25, 0.3) is 0 Å². The molecule has 1 rings (SSSR count). The van der Waals surface area contributed by atoms with E-state index in [2.05, 4.69) is 43.0 Å². The third-order valence-electron chi connectivity index (χ3n) is 3.77. The summed E-state index contributed by atoms with van der Waals surface area (Å²) in [6, 6.07) is 0. The molecule has 1 aliphatic heterocycles.